The fourth-order valence-corrected chi connectivity index (χ4v) is 3.42. The molecule has 4 nitrogen and oxygen atoms in total. The minimum absolute atomic E-state index is 0.105. The summed E-state index contributed by atoms with van der Waals surface area (Å²) in [5.74, 6) is -1.77. The monoisotopic (exact) mass is 314 g/mol. The number of carboxylic acids is 1. The summed E-state index contributed by atoms with van der Waals surface area (Å²) >= 11 is 0. The lowest BCUT2D eigenvalue weighted by molar-refractivity contribution is -0.178. The number of carbonyl (C=O) groups is 2. The molecule has 0 aliphatic carbocycles. The summed E-state index contributed by atoms with van der Waals surface area (Å²) in [7, 11) is 0. The van der Waals surface area contributed by atoms with Gasteiger partial charge in [0.25, 0.3) is 0 Å². The largest absolute Gasteiger partial charge is 0.481 e. The molecule has 1 atom stereocenters. The van der Waals surface area contributed by atoms with E-state index in [-0.39, 0.29) is 29.6 Å². The highest BCUT2D eigenvalue weighted by Crippen LogP contribution is 2.47. The Morgan fingerprint density at radius 3 is 1.64 bits per heavy atom. The Bertz CT molecular complexity index is 361. The summed E-state index contributed by atoms with van der Waals surface area (Å²) in [5.41, 5.74) is -0.995. The molecule has 0 aromatic rings. The minimum Gasteiger partial charge on any atom is -0.481 e. The molecular formula is C18H34O4. The minimum atomic E-state index is -0.995. The number of rotatable bonds is 9. The fraction of sp³-hybridized carbons (Fsp3) is 0.889. The van der Waals surface area contributed by atoms with Gasteiger partial charge in [-0.15, -0.1) is 0 Å². The van der Waals surface area contributed by atoms with Crippen LogP contribution in [0.5, 0.6) is 0 Å². The molecule has 0 heterocycles. The first-order valence-corrected chi connectivity index (χ1v) is 8.37. The number of hydrogen-bond acceptors (Lipinski definition) is 3. The van der Waals surface area contributed by atoms with Gasteiger partial charge in [0, 0.05) is 0 Å². The normalized spacial score (nSPS) is 14.0. The fourth-order valence-electron chi connectivity index (χ4n) is 3.42. The van der Waals surface area contributed by atoms with E-state index in [9.17, 15) is 14.7 Å². The first-order valence-electron chi connectivity index (χ1n) is 8.37. The molecule has 0 aromatic carbocycles. The Morgan fingerprint density at radius 2 is 1.36 bits per heavy atom. The number of hydrogen-bond donors (Lipinski definition) is 1. The van der Waals surface area contributed by atoms with Gasteiger partial charge in [-0.25, -0.2) is 0 Å². The Kier molecular flexibility index (Phi) is 8.13. The van der Waals surface area contributed by atoms with Crippen molar-refractivity contribution in [2.24, 2.45) is 35.0 Å². The molecule has 0 aromatic heterocycles. The number of ether oxygens (including phenoxy) is 1. The van der Waals surface area contributed by atoms with Crippen molar-refractivity contribution in [3.05, 3.63) is 0 Å². The molecule has 0 radical (unpaired) electrons. The molecular weight excluding hydrogens is 280 g/mol. The van der Waals surface area contributed by atoms with E-state index in [4.69, 9.17) is 4.74 Å². The lowest BCUT2D eigenvalue weighted by atomic mass is 9.59. The maximum absolute atomic E-state index is 12.9. The van der Waals surface area contributed by atoms with E-state index in [0.717, 1.165) is 0 Å². The Balaban J connectivity index is 5.84. The second-order valence-corrected chi connectivity index (χ2v) is 7.76. The molecule has 130 valence electrons. The zero-order chi connectivity index (χ0) is 17.7. The zero-order valence-corrected chi connectivity index (χ0v) is 15.5. The standard InChI is InChI=1S/C18H34O4/c1-11(2)9-15(16(19)20)18(13(5)6,14(7)8)17(21)22-10-12(3)4/h11-15H,9-10H2,1-8H3,(H,19,20). The van der Waals surface area contributed by atoms with Gasteiger partial charge >= 0.3 is 11.9 Å². The van der Waals surface area contributed by atoms with Gasteiger partial charge in [-0.3, -0.25) is 9.59 Å². The molecule has 1 N–H and O–H groups in total. The van der Waals surface area contributed by atoms with Gasteiger partial charge in [0.2, 0.25) is 0 Å². The summed E-state index contributed by atoms with van der Waals surface area (Å²) in [6, 6.07) is 0. The van der Waals surface area contributed by atoms with Crippen LogP contribution < -0.4 is 0 Å². The van der Waals surface area contributed by atoms with Gasteiger partial charge in [-0.2, -0.15) is 0 Å². The van der Waals surface area contributed by atoms with Crippen LogP contribution in [-0.4, -0.2) is 23.7 Å². The molecule has 4 heteroatoms. The predicted molar refractivity (Wildman–Crippen MR) is 88.5 cm³/mol. The molecule has 0 amide bonds. The smallest absolute Gasteiger partial charge is 0.313 e. The van der Waals surface area contributed by atoms with E-state index in [1.807, 2.05) is 55.4 Å². The summed E-state index contributed by atoms with van der Waals surface area (Å²) in [6.07, 6.45) is 0.475. The number of carbonyl (C=O) groups excluding carboxylic acids is 1. The highest BCUT2D eigenvalue weighted by atomic mass is 16.5. The first-order chi connectivity index (χ1) is 9.97. The van der Waals surface area contributed by atoms with Crippen molar-refractivity contribution in [2.75, 3.05) is 6.61 Å². The van der Waals surface area contributed by atoms with Gasteiger partial charge in [-0.05, 0) is 30.1 Å². The first kappa shape index (κ1) is 20.9. The molecule has 0 spiro atoms. The third-order valence-electron chi connectivity index (χ3n) is 4.39. The molecule has 0 bridgehead atoms. The molecule has 0 aliphatic heterocycles. The summed E-state index contributed by atoms with van der Waals surface area (Å²) in [4.78, 5) is 24.8. The Morgan fingerprint density at radius 1 is 0.909 bits per heavy atom. The Labute approximate surface area is 135 Å². The number of aliphatic carboxylic acids is 1. The lowest BCUT2D eigenvalue weighted by Gasteiger charge is -2.43. The van der Waals surface area contributed by atoms with E-state index in [2.05, 4.69) is 0 Å². The summed E-state index contributed by atoms with van der Waals surface area (Å²) in [5, 5.41) is 9.77. The van der Waals surface area contributed by atoms with Crippen molar-refractivity contribution in [3.63, 3.8) is 0 Å². The van der Waals surface area contributed by atoms with Crippen LogP contribution >= 0.6 is 0 Å². The number of esters is 1. The quantitative estimate of drug-likeness (QED) is 0.647. The van der Waals surface area contributed by atoms with E-state index < -0.39 is 17.3 Å². The van der Waals surface area contributed by atoms with Crippen LogP contribution in [-0.2, 0) is 14.3 Å². The van der Waals surface area contributed by atoms with Gasteiger partial charge in [0.1, 0.15) is 0 Å². The third-order valence-corrected chi connectivity index (χ3v) is 4.39. The SMILES string of the molecule is CC(C)COC(=O)C(C(C)C)(C(C)C)C(CC(C)C)C(=O)O. The van der Waals surface area contributed by atoms with Crippen molar-refractivity contribution in [2.45, 2.75) is 61.8 Å². The van der Waals surface area contributed by atoms with Gasteiger partial charge < -0.3 is 9.84 Å². The van der Waals surface area contributed by atoms with Crippen LogP contribution in [0.2, 0.25) is 0 Å². The van der Waals surface area contributed by atoms with Crippen LogP contribution in [0.25, 0.3) is 0 Å². The Hall–Kier alpha value is -1.06. The van der Waals surface area contributed by atoms with Crippen molar-refractivity contribution >= 4 is 11.9 Å². The van der Waals surface area contributed by atoms with Crippen LogP contribution in [0.4, 0.5) is 0 Å². The van der Waals surface area contributed by atoms with Crippen molar-refractivity contribution in [1.82, 2.24) is 0 Å². The van der Waals surface area contributed by atoms with Crippen LogP contribution in [0, 0.1) is 35.0 Å². The third kappa shape index (κ3) is 4.72. The molecule has 0 fully saturated rings. The topological polar surface area (TPSA) is 63.6 Å². The number of carboxylic acid groups (broad SMARTS) is 1. The molecule has 0 saturated carbocycles. The van der Waals surface area contributed by atoms with Crippen LogP contribution in [0.15, 0.2) is 0 Å². The maximum atomic E-state index is 12.9. The molecule has 0 aliphatic rings. The van der Waals surface area contributed by atoms with E-state index >= 15 is 0 Å². The van der Waals surface area contributed by atoms with Gasteiger partial charge in [-0.1, -0.05) is 55.4 Å². The summed E-state index contributed by atoms with van der Waals surface area (Å²) < 4.78 is 5.50. The molecule has 0 saturated heterocycles. The second kappa shape index (κ2) is 8.54. The predicted octanol–water partition coefficient (Wildman–Crippen LogP) is 4.23. The van der Waals surface area contributed by atoms with E-state index in [1.165, 1.54) is 0 Å². The van der Waals surface area contributed by atoms with E-state index in [0.29, 0.717) is 13.0 Å². The molecule has 22 heavy (non-hydrogen) atoms. The maximum Gasteiger partial charge on any atom is 0.313 e. The zero-order valence-electron chi connectivity index (χ0n) is 15.5. The summed E-state index contributed by atoms with van der Waals surface area (Å²) in [6.45, 7) is 15.9. The van der Waals surface area contributed by atoms with Crippen LogP contribution in [0.3, 0.4) is 0 Å². The van der Waals surface area contributed by atoms with Crippen molar-refractivity contribution in [3.8, 4) is 0 Å². The van der Waals surface area contributed by atoms with Gasteiger partial charge in [0.05, 0.1) is 17.9 Å². The molecule has 1 unspecified atom stereocenters. The molecule has 0 rings (SSSR count). The average molecular weight is 314 g/mol. The van der Waals surface area contributed by atoms with E-state index in [1.54, 1.807) is 0 Å². The highest BCUT2D eigenvalue weighted by Gasteiger charge is 2.54. The lowest BCUT2D eigenvalue weighted by Crippen LogP contribution is -2.51. The average Bonchev–Trinajstić information content (AvgIpc) is 2.34. The highest BCUT2D eigenvalue weighted by molar-refractivity contribution is 5.85. The van der Waals surface area contributed by atoms with Gasteiger partial charge in [0.15, 0.2) is 0 Å². The van der Waals surface area contributed by atoms with Crippen molar-refractivity contribution in [1.29, 1.82) is 0 Å². The van der Waals surface area contributed by atoms with Crippen molar-refractivity contribution < 1.29 is 19.4 Å². The van der Waals surface area contributed by atoms with Crippen LogP contribution in [0.1, 0.15) is 61.8 Å². The second-order valence-electron chi connectivity index (χ2n) is 7.76.